The van der Waals surface area contributed by atoms with Crippen LogP contribution in [0.15, 0.2) is 30.3 Å². The summed E-state index contributed by atoms with van der Waals surface area (Å²) in [7, 11) is 1.68. The molecule has 1 aromatic rings. The Kier molecular flexibility index (Phi) is 4.61. The molecule has 0 N–H and O–H groups in total. The van der Waals surface area contributed by atoms with E-state index in [0.717, 1.165) is 17.5 Å². The number of methoxy groups -OCH3 is 1. The molecule has 0 unspecified atom stereocenters. The quantitative estimate of drug-likeness (QED) is 0.733. The Hall–Kier alpha value is -0.760. The largest absolute Gasteiger partial charge is 0.497 e. The van der Waals surface area contributed by atoms with E-state index in [9.17, 15) is 0 Å². The molecule has 1 nitrogen and oxygen atoms in total. The average Bonchev–Trinajstić information content (AvgIpc) is 2.19. The van der Waals surface area contributed by atoms with Gasteiger partial charge in [0.1, 0.15) is 5.75 Å². The first-order chi connectivity index (χ1) is 6.36. The van der Waals surface area contributed by atoms with Gasteiger partial charge in [-0.15, -0.1) is 0 Å². The maximum atomic E-state index is 5.12. The first-order valence-corrected chi connectivity index (χ1v) is 5.35. The smallest absolute Gasteiger partial charge is 0.119 e. The van der Waals surface area contributed by atoms with Gasteiger partial charge in [-0.25, -0.2) is 0 Å². The SMILES string of the molecule is COc1cccc(C=CCCBr)c1. The molecule has 0 heterocycles. The van der Waals surface area contributed by atoms with Crippen LogP contribution >= 0.6 is 15.9 Å². The number of benzene rings is 1. The van der Waals surface area contributed by atoms with E-state index < -0.39 is 0 Å². The number of halogens is 1. The summed E-state index contributed by atoms with van der Waals surface area (Å²) >= 11 is 3.38. The second-order valence-corrected chi connectivity index (χ2v) is 3.45. The van der Waals surface area contributed by atoms with Crippen LogP contribution in [0.5, 0.6) is 5.75 Å². The zero-order valence-corrected chi connectivity index (χ0v) is 9.25. The maximum absolute atomic E-state index is 5.12. The van der Waals surface area contributed by atoms with Crippen LogP contribution in [0, 0.1) is 0 Å². The predicted octanol–water partition coefficient (Wildman–Crippen LogP) is 3.49. The summed E-state index contributed by atoms with van der Waals surface area (Å²) in [4.78, 5) is 0. The van der Waals surface area contributed by atoms with E-state index in [-0.39, 0.29) is 0 Å². The summed E-state index contributed by atoms with van der Waals surface area (Å²) in [5.74, 6) is 0.904. The van der Waals surface area contributed by atoms with Crippen molar-refractivity contribution in [3.05, 3.63) is 35.9 Å². The van der Waals surface area contributed by atoms with E-state index in [2.05, 4.69) is 34.1 Å². The van der Waals surface area contributed by atoms with Crippen LogP contribution in [0.2, 0.25) is 0 Å². The summed E-state index contributed by atoms with van der Waals surface area (Å²) in [6.45, 7) is 0. The monoisotopic (exact) mass is 240 g/mol. The highest BCUT2D eigenvalue weighted by Gasteiger charge is 1.90. The van der Waals surface area contributed by atoms with Gasteiger partial charge in [0.25, 0.3) is 0 Å². The number of alkyl halides is 1. The van der Waals surface area contributed by atoms with Gasteiger partial charge in [-0.05, 0) is 24.1 Å². The van der Waals surface area contributed by atoms with E-state index in [1.165, 1.54) is 5.56 Å². The minimum atomic E-state index is 0.904. The van der Waals surface area contributed by atoms with Crippen LogP contribution in [0.4, 0.5) is 0 Å². The summed E-state index contributed by atoms with van der Waals surface area (Å²) < 4.78 is 5.12. The van der Waals surface area contributed by atoms with Gasteiger partial charge in [-0.2, -0.15) is 0 Å². The molecular weight excluding hydrogens is 228 g/mol. The van der Waals surface area contributed by atoms with Gasteiger partial charge in [0.15, 0.2) is 0 Å². The van der Waals surface area contributed by atoms with Gasteiger partial charge in [0, 0.05) is 5.33 Å². The van der Waals surface area contributed by atoms with Crippen molar-refractivity contribution in [1.29, 1.82) is 0 Å². The van der Waals surface area contributed by atoms with Crippen molar-refractivity contribution in [2.75, 3.05) is 12.4 Å². The zero-order valence-electron chi connectivity index (χ0n) is 7.66. The maximum Gasteiger partial charge on any atom is 0.119 e. The number of allylic oxidation sites excluding steroid dienone is 1. The van der Waals surface area contributed by atoms with Gasteiger partial charge in [0.05, 0.1) is 7.11 Å². The van der Waals surface area contributed by atoms with E-state index in [0.29, 0.717) is 0 Å². The molecule has 0 fully saturated rings. The molecule has 0 saturated carbocycles. The van der Waals surface area contributed by atoms with Crippen LogP contribution in [0.25, 0.3) is 6.08 Å². The van der Waals surface area contributed by atoms with Gasteiger partial charge < -0.3 is 4.74 Å². The van der Waals surface area contributed by atoms with Gasteiger partial charge >= 0.3 is 0 Å². The Morgan fingerprint density at radius 3 is 3.00 bits per heavy atom. The molecule has 0 aliphatic rings. The predicted molar refractivity (Wildman–Crippen MR) is 60.4 cm³/mol. The molecular formula is C11H13BrO. The van der Waals surface area contributed by atoms with Crippen molar-refractivity contribution in [1.82, 2.24) is 0 Å². The third-order valence-corrected chi connectivity index (χ3v) is 2.14. The Labute approximate surface area is 87.5 Å². The molecule has 0 aliphatic carbocycles. The molecule has 1 aromatic carbocycles. The molecule has 2 heteroatoms. The Morgan fingerprint density at radius 1 is 1.46 bits per heavy atom. The molecule has 13 heavy (non-hydrogen) atoms. The highest BCUT2D eigenvalue weighted by atomic mass is 79.9. The molecule has 0 aliphatic heterocycles. The molecule has 0 aromatic heterocycles. The fourth-order valence-electron chi connectivity index (χ4n) is 1.03. The summed E-state index contributed by atoms with van der Waals surface area (Å²) in [5.41, 5.74) is 1.18. The molecule has 0 spiro atoms. The van der Waals surface area contributed by atoms with Gasteiger partial charge in [0.2, 0.25) is 0 Å². The number of ether oxygens (including phenoxy) is 1. The van der Waals surface area contributed by atoms with E-state index >= 15 is 0 Å². The van der Waals surface area contributed by atoms with E-state index in [1.54, 1.807) is 7.11 Å². The summed E-state index contributed by atoms with van der Waals surface area (Å²) in [6.07, 6.45) is 5.30. The number of hydrogen-bond donors (Lipinski definition) is 0. The second kappa shape index (κ2) is 5.81. The lowest BCUT2D eigenvalue weighted by molar-refractivity contribution is 0.414. The van der Waals surface area contributed by atoms with Crippen molar-refractivity contribution in [3.8, 4) is 5.75 Å². The molecule has 1 rings (SSSR count). The normalized spacial score (nSPS) is 10.6. The zero-order chi connectivity index (χ0) is 9.52. The first kappa shape index (κ1) is 10.3. The van der Waals surface area contributed by atoms with Crippen molar-refractivity contribution in [2.24, 2.45) is 0 Å². The van der Waals surface area contributed by atoms with Crippen LogP contribution < -0.4 is 4.74 Å². The van der Waals surface area contributed by atoms with Gasteiger partial charge in [-0.3, -0.25) is 0 Å². The Balaban J connectivity index is 2.66. The molecule has 0 bridgehead atoms. The molecule has 0 radical (unpaired) electrons. The highest BCUT2D eigenvalue weighted by Crippen LogP contribution is 2.13. The Morgan fingerprint density at radius 2 is 2.31 bits per heavy atom. The standard InChI is InChI=1S/C11H13BrO/c1-13-11-7-4-6-10(9-11)5-2-3-8-12/h2,4-7,9H,3,8H2,1H3. The molecule has 70 valence electrons. The first-order valence-electron chi connectivity index (χ1n) is 4.23. The van der Waals surface area contributed by atoms with Crippen LogP contribution in [0.3, 0.4) is 0 Å². The third kappa shape index (κ3) is 3.64. The van der Waals surface area contributed by atoms with Crippen molar-refractivity contribution in [3.63, 3.8) is 0 Å². The fourth-order valence-corrected chi connectivity index (χ4v) is 1.29. The lowest BCUT2D eigenvalue weighted by Crippen LogP contribution is -1.82. The minimum Gasteiger partial charge on any atom is -0.497 e. The lowest BCUT2D eigenvalue weighted by Gasteiger charge is -1.99. The molecule has 0 amide bonds. The average molecular weight is 241 g/mol. The lowest BCUT2D eigenvalue weighted by atomic mass is 10.2. The van der Waals surface area contributed by atoms with Crippen molar-refractivity contribution < 1.29 is 4.74 Å². The van der Waals surface area contributed by atoms with Crippen LogP contribution in [-0.4, -0.2) is 12.4 Å². The summed E-state index contributed by atoms with van der Waals surface area (Å²) in [6, 6.07) is 8.02. The topological polar surface area (TPSA) is 9.23 Å². The fraction of sp³-hybridized carbons (Fsp3) is 0.273. The van der Waals surface area contributed by atoms with Gasteiger partial charge in [-0.1, -0.05) is 40.2 Å². The highest BCUT2D eigenvalue weighted by molar-refractivity contribution is 9.09. The number of rotatable bonds is 4. The minimum absolute atomic E-state index is 0.904. The van der Waals surface area contributed by atoms with E-state index in [4.69, 9.17) is 4.74 Å². The van der Waals surface area contributed by atoms with E-state index in [1.807, 2.05) is 18.2 Å². The Bertz CT molecular complexity index is 281. The van der Waals surface area contributed by atoms with Crippen LogP contribution in [-0.2, 0) is 0 Å². The third-order valence-electron chi connectivity index (χ3n) is 1.68. The summed E-state index contributed by atoms with van der Waals surface area (Å²) in [5, 5.41) is 1.01. The second-order valence-electron chi connectivity index (χ2n) is 2.66. The van der Waals surface area contributed by atoms with Crippen molar-refractivity contribution >= 4 is 22.0 Å². The molecule has 0 atom stereocenters. The van der Waals surface area contributed by atoms with Crippen molar-refractivity contribution in [2.45, 2.75) is 6.42 Å². The molecule has 0 saturated heterocycles. The number of hydrogen-bond acceptors (Lipinski definition) is 1. The van der Waals surface area contributed by atoms with Crippen LogP contribution in [0.1, 0.15) is 12.0 Å².